The van der Waals surface area contributed by atoms with Crippen molar-refractivity contribution in [3.8, 4) is 17.2 Å². The number of halogens is 1. The van der Waals surface area contributed by atoms with Gasteiger partial charge in [0.25, 0.3) is 0 Å². The Morgan fingerprint density at radius 2 is 1.78 bits per heavy atom. The molecule has 0 aliphatic rings. The summed E-state index contributed by atoms with van der Waals surface area (Å²) in [5, 5.41) is 10.6. The molecule has 0 radical (unpaired) electrons. The summed E-state index contributed by atoms with van der Waals surface area (Å²) >= 11 is 5.17. The Kier molecular flexibility index (Phi) is 4.22. The van der Waals surface area contributed by atoms with E-state index in [2.05, 4.69) is 48.0 Å². The molecule has 0 bridgehead atoms. The molecule has 0 amide bonds. The van der Waals surface area contributed by atoms with Crippen LogP contribution in [0, 0.1) is 32.1 Å². The third kappa shape index (κ3) is 2.66. The number of thioether (sulfide) groups is 1. The fourth-order valence-corrected chi connectivity index (χ4v) is 4.37. The number of aryl methyl sites for hydroxylation is 3. The van der Waals surface area contributed by atoms with E-state index in [1.807, 2.05) is 29.7 Å². The van der Waals surface area contributed by atoms with Crippen LogP contribution in [0.5, 0.6) is 0 Å². The molecule has 0 spiro atoms. The minimum Gasteiger partial charge on any atom is -0.279 e. The highest BCUT2D eigenvalue weighted by molar-refractivity contribution is 9.10. The fourth-order valence-electron chi connectivity index (χ4n) is 3.03. The van der Waals surface area contributed by atoms with Crippen molar-refractivity contribution in [2.45, 2.75) is 25.8 Å². The standard InChI is InChI=1S/C18H16BrN3S/c1-10-5-13(19)6-11(2)17(10)15-8-14(9-20)22-16(23-4)7-12(3)21-18(15)22/h5-8H,1-4H3. The van der Waals surface area contributed by atoms with Crippen molar-refractivity contribution in [3.63, 3.8) is 0 Å². The van der Waals surface area contributed by atoms with Crippen molar-refractivity contribution in [2.24, 2.45) is 0 Å². The van der Waals surface area contributed by atoms with Crippen LogP contribution in [0.25, 0.3) is 16.8 Å². The molecule has 3 nitrogen and oxygen atoms in total. The maximum absolute atomic E-state index is 9.55. The molecule has 0 atom stereocenters. The second kappa shape index (κ2) is 6.03. The van der Waals surface area contributed by atoms with Gasteiger partial charge in [0.2, 0.25) is 0 Å². The average Bonchev–Trinajstić information content (AvgIpc) is 2.84. The second-order valence-electron chi connectivity index (χ2n) is 5.57. The van der Waals surface area contributed by atoms with E-state index >= 15 is 0 Å². The molecule has 116 valence electrons. The van der Waals surface area contributed by atoms with Gasteiger partial charge in [-0.3, -0.25) is 4.40 Å². The molecule has 0 N–H and O–H groups in total. The molecule has 0 saturated heterocycles. The summed E-state index contributed by atoms with van der Waals surface area (Å²) in [5.74, 6) is 0. The summed E-state index contributed by atoms with van der Waals surface area (Å²) in [6.45, 7) is 6.17. The lowest BCUT2D eigenvalue weighted by molar-refractivity contribution is 0.957. The van der Waals surface area contributed by atoms with E-state index in [4.69, 9.17) is 4.98 Å². The van der Waals surface area contributed by atoms with E-state index in [0.29, 0.717) is 5.69 Å². The molecule has 0 fully saturated rings. The van der Waals surface area contributed by atoms with Crippen LogP contribution in [0.4, 0.5) is 0 Å². The van der Waals surface area contributed by atoms with E-state index in [1.54, 1.807) is 11.8 Å². The quantitative estimate of drug-likeness (QED) is 0.444. The summed E-state index contributed by atoms with van der Waals surface area (Å²) in [4.78, 5) is 4.72. The first-order valence-electron chi connectivity index (χ1n) is 7.20. The van der Waals surface area contributed by atoms with Crippen LogP contribution in [0.1, 0.15) is 22.5 Å². The Morgan fingerprint density at radius 1 is 1.13 bits per heavy atom. The predicted molar refractivity (Wildman–Crippen MR) is 99.0 cm³/mol. The minimum absolute atomic E-state index is 0.619. The van der Waals surface area contributed by atoms with E-state index in [1.165, 1.54) is 11.1 Å². The van der Waals surface area contributed by atoms with Crippen molar-refractivity contribution in [3.05, 3.63) is 51.3 Å². The molecule has 0 unspecified atom stereocenters. The molecule has 0 aliphatic carbocycles. The second-order valence-corrected chi connectivity index (χ2v) is 7.31. The Labute approximate surface area is 148 Å². The van der Waals surface area contributed by atoms with Gasteiger partial charge in [0.05, 0.1) is 5.03 Å². The van der Waals surface area contributed by atoms with Gasteiger partial charge in [-0.1, -0.05) is 15.9 Å². The van der Waals surface area contributed by atoms with Gasteiger partial charge in [0.15, 0.2) is 0 Å². The van der Waals surface area contributed by atoms with Crippen LogP contribution >= 0.6 is 27.7 Å². The SMILES string of the molecule is CSc1cc(C)nc2c(-c3c(C)cc(Br)cc3C)cc(C#N)n12. The van der Waals surface area contributed by atoms with Crippen molar-refractivity contribution >= 4 is 33.3 Å². The summed E-state index contributed by atoms with van der Waals surface area (Å²) in [7, 11) is 0. The average molecular weight is 386 g/mol. The zero-order valence-electron chi connectivity index (χ0n) is 13.4. The number of aromatic nitrogens is 2. The summed E-state index contributed by atoms with van der Waals surface area (Å²) in [6.07, 6.45) is 2.02. The van der Waals surface area contributed by atoms with Gasteiger partial charge < -0.3 is 0 Å². The summed E-state index contributed by atoms with van der Waals surface area (Å²) < 4.78 is 3.02. The number of hydrogen-bond acceptors (Lipinski definition) is 3. The molecule has 3 rings (SSSR count). The maximum Gasteiger partial charge on any atom is 0.146 e. The van der Waals surface area contributed by atoms with Gasteiger partial charge in [-0.25, -0.2) is 4.98 Å². The third-order valence-electron chi connectivity index (χ3n) is 3.90. The first-order valence-corrected chi connectivity index (χ1v) is 9.22. The fraction of sp³-hybridized carbons (Fsp3) is 0.222. The predicted octanol–water partition coefficient (Wildman–Crippen LogP) is 5.28. The molecular weight excluding hydrogens is 370 g/mol. The van der Waals surface area contributed by atoms with E-state index in [0.717, 1.165) is 32.0 Å². The number of benzene rings is 1. The monoisotopic (exact) mass is 385 g/mol. The smallest absolute Gasteiger partial charge is 0.146 e. The zero-order valence-corrected chi connectivity index (χ0v) is 15.8. The van der Waals surface area contributed by atoms with Gasteiger partial charge in [-0.05, 0) is 68.0 Å². The number of hydrogen-bond donors (Lipinski definition) is 0. The maximum atomic E-state index is 9.55. The molecule has 0 aliphatic heterocycles. The Hall–Kier alpha value is -1.77. The van der Waals surface area contributed by atoms with Crippen LogP contribution in [-0.4, -0.2) is 15.6 Å². The van der Waals surface area contributed by atoms with Crippen LogP contribution in [0.15, 0.2) is 33.8 Å². The van der Waals surface area contributed by atoms with Crippen LogP contribution < -0.4 is 0 Å². The van der Waals surface area contributed by atoms with E-state index in [9.17, 15) is 5.26 Å². The third-order valence-corrected chi connectivity index (χ3v) is 5.08. The highest BCUT2D eigenvalue weighted by Crippen LogP contribution is 2.35. The lowest BCUT2D eigenvalue weighted by Crippen LogP contribution is -1.98. The Bertz CT molecular complexity index is 944. The molecule has 1 aromatic carbocycles. The highest BCUT2D eigenvalue weighted by Gasteiger charge is 2.18. The van der Waals surface area contributed by atoms with Crippen molar-refractivity contribution in [1.82, 2.24) is 9.38 Å². The van der Waals surface area contributed by atoms with E-state index < -0.39 is 0 Å². The van der Waals surface area contributed by atoms with E-state index in [-0.39, 0.29) is 0 Å². The molecule has 3 aromatic rings. The Balaban J connectivity index is 2.45. The van der Waals surface area contributed by atoms with Gasteiger partial charge in [-0.15, -0.1) is 11.8 Å². The minimum atomic E-state index is 0.619. The van der Waals surface area contributed by atoms with Crippen molar-refractivity contribution < 1.29 is 0 Å². The van der Waals surface area contributed by atoms with Crippen LogP contribution in [0.3, 0.4) is 0 Å². The van der Waals surface area contributed by atoms with Crippen molar-refractivity contribution in [1.29, 1.82) is 5.26 Å². The van der Waals surface area contributed by atoms with Gasteiger partial charge in [0.1, 0.15) is 17.4 Å². The molecule has 5 heteroatoms. The topological polar surface area (TPSA) is 41.1 Å². The first kappa shape index (κ1) is 16.1. The van der Waals surface area contributed by atoms with Crippen molar-refractivity contribution in [2.75, 3.05) is 6.26 Å². The summed E-state index contributed by atoms with van der Waals surface area (Å²) in [6, 6.07) is 10.5. The van der Waals surface area contributed by atoms with Gasteiger partial charge in [-0.2, -0.15) is 5.26 Å². The normalized spacial score (nSPS) is 11.0. The molecular formula is C18H16BrN3S. The van der Waals surface area contributed by atoms with Crippen LogP contribution in [-0.2, 0) is 0 Å². The number of nitriles is 1. The highest BCUT2D eigenvalue weighted by atomic mass is 79.9. The molecule has 23 heavy (non-hydrogen) atoms. The molecule has 2 aromatic heterocycles. The van der Waals surface area contributed by atoms with Gasteiger partial charge in [0, 0.05) is 15.7 Å². The lowest BCUT2D eigenvalue weighted by atomic mass is 9.97. The lowest BCUT2D eigenvalue weighted by Gasteiger charge is -2.11. The summed E-state index contributed by atoms with van der Waals surface area (Å²) in [5.41, 5.74) is 6.93. The van der Waals surface area contributed by atoms with Gasteiger partial charge >= 0.3 is 0 Å². The number of rotatable bonds is 2. The number of nitrogens with zero attached hydrogens (tertiary/aromatic N) is 3. The van der Waals surface area contributed by atoms with Crippen LogP contribution in [0.2, 0.25) is 0 Å². The largest absolute Gasteiger partial charge is 0.279 e. The molecule has 0 saturated carbocycles. The zero-order chi connectivity index (χ0) is 16.7. The number of fused-ring (bicyclic) bond motifs is 1. The first-order chi connectivity index (χ1) is 11.0. The Morgan fingerprint density at radius 3 is 2.35 bits per heavy atom. The molecule has 2 heterocycles.